The first-order valence-electron chi connectivity index (χ1n) is 8.79. The van der Waals surface area contributed by atoms with Gasteiger partial charge in [-0.25, -0.2) is 0 Å². The Labute approximate surface area is 139 Å². The molecule has 0 bridgehead atoms. The van der Waals surface area contributed by atoms with Gasteiger partial charge < -0.3 is 15.4 Å². The Morgan fingerprint density at radius 1 is 1.30 bits per heavy atom. The second-order valence-electron chi connectivity index (χ2n) is 7.17. The third-order valence-electron chi connectivity index (χ3n) is 5.45. The summed E-state index contributed by atoms with van der Waals surface area (Å²) in [5.74, 6) is 1.16. The Hall–Kier alpha value is -1.55. The minimum atomic E-state index is 0.143. The van der Waals surface area contributed by atoms with Crippen LogP contribution in [0, 0.1) is 0 Å². The summed E-state index contributed by atoms with van der Waals surface area (Å²) in [5, 5.41) is 6.70. The second kappa shape index (κ2) is 6.91. The maximum atomic E-state index is 11.8. The summed E-state index contributed by atoms with van der Waals surface area (Å²) in [4.78, 5) is 11.8. The molecule has 1 saturated carbocycles. The Kier molecular flexibility index (Phi) is 4.90. The van der Waals surface area contributed by atoms with Crippen molar-refractivity contribution in [3.8, 4) is 5.75 Å². The number of rotatable bonds is 5. The van der Waals surface area contributed by atoms with Crippen LogP contribution in [-0.2, 0) is 10.2 Å². The molecule has 1 aliphatic carbocycles. The van der Waals surface area contributed by atoms with Crippen LogP contribution in [0.5, 0.6) is 5.75 Å². The van der Waals surface area contributed by atoms with Gasteiger partial charge in [0.2, 0.25) is 5.91 Å². The van der Waals surface area contributed by atoms with Crippen LogP contribution in [0.25, 0.3) is 0 Å². The highest BCUT2D eigenvalue weighted by Gasteiger charge is 2.38. The summed E-state index contributed by atoms with van der Waals surface area (Å²) in [5.41, 5.74) is 1.46. The number of nitrogens with one attached hydrogen (secondary N) is 2. The van der Waals surface area contributed by atoms with Crippen LogP contribution in [0.15, 0.2) is 24.3 Å². The van der Waals surface area contributed by atoms with Crippen LogP contribution in [0.4, 0.5) is 0 Å². The number of para-hydroxylation sites is 1. The Morgan fingerprint density at radius 3 is 2.74 bits per heavy atom. The number of carbonyl (C=O) groups excluding carboxylic acids is 1. The van der Waals surface area contributed by atoms with Crippen molar-refractivity contribution in [1.82, 2.24) is 10.6 Å². The predicted octanol–water partition coefficient (Wildman–Crippen LogP) is 2.76. The van der Waals surface area contributed by atoms with Crippen molar-refractivity contribution in [2.45, 2.75) is 62.9 Å². The maximum Gasteiger partial charge on any atom is 0.221 e. The number of piperidine rings is 1. The van der Waals surface area contributed by atoms with Gasteiger partial charge in [0.15, 0.2) is 0 Å². The lowest BCUT2D eigenvalue weighted by Gasteiger charge is -2.35. The zero-order valence-corrected chi connectivity index (χ0v) is 14.2. The lowest BCUT2D eigenvalue weighted by Crippen LogP contribution is -2.50. The third kappa shape index (κ3) is 3.52. The number of hydrogen-bond donors (Lipinski definition) is 2. The van der Waals surface area contributed by atoms with Crippen LogP contribution >= 0.6 is 0 Å². The van der Waals surface area contributed by atoms with E-state index in [9.17, 15) is 4.79 Å². The second-order valence-corrected chi connectivity index (χ2v) is 7.17. The van der Waals surface area contributed by atoms with Gasteiger partial charge in [-0.3, -0.25) is 4.79 Å². The molecule has 1 aromatic carbocycles. The van der Waals surface area contributed by atoms with E-state index >= 15 is 0 Å². The van der Waals surface area contributed by atoms with Crippen molar-refractivity contribution in [3.63, 3.8) is 0 Å². The van der Waals surface area contributed by atoms with E-state index in [1.807, 2.05) is 6.07 Å². The molecular formula is C19H28N2O2. The van der Waals surface area contributed by atoms with Crippen molar-refractivity contribution < 1.29 is 9.53 Å². The normalized spacial score (nSPS) is 26.8. The summed E-state index contributed by atoms with van der Waals surface area (Å²) < 4.78 is 5.62. The molecule has 1 aromatic rings. The van der Waals surface area contributed by atoms with E-state index in [-0.39, 0.29) is 23.4 Å². The molecule has 0 spiro atoms. The molecule has 126 valence electrons. The summed E-state index contributed by atoms with van der Waals surface area (Å²) >= 11 is 0. The number of ether oxygens (including phenoxy) is 1. The fourth-order valence-corrected chi connectivity index (χ4v) is 4.30. The molecule has 0 aromatic heterocycles. The van der Waals surface area contributed by atoms with Gasteiger partial charge in [-0.1, -0.05) is 31.0 Å². The summed E-state index contributed by atoms with van der Waals surface area (Å²) in [6.45, 7) is 3.01. The molecule has 1 saturated heterocycles. The van der Waals surface area contributed by atoms with Gasteiger partial charge in [0, 0.05) is 36.0 Å². The third-order valence-corrected chi connectivity index (χ3v) is 5.45. The lowest BCUT2D eigenvalue weighted by molar-refractivity contribution is -0.123. The first kappa shape index (κ1) is 16.3. The van der Waals surface area contributed by atoms with Crippen LogP contribution < -0.4 is 15.4 Å². The van der Waals surface area contributed by atoms with Gasteiger partial charge in [-0.15, -0.1) is 0 Å². The summed E-state index contributed by atoms with van der Waals surface area (Å²) in [6, 6.07) is 8.96. The molecule has 0 radical (unpaired) electrons. The average Bonchev–Trinajstić information content (AvgIpc) is 3.02. The van der Waals surface area contributed by atoms with Gasteiger partial charge in [-0.2, -0.15) is 0 Å². The molecule has 2 aliphatic rings. The number of amides is 1. The first-order chi connectivity index (χ1) is 11.1. The Bertz CT molecular complexity index is 552. The standard InChI is InChI=1S/C19H28N2O2/c1-14-11-15(12-18(22)21-14)20-13-19(9-5-6-10-19)16-7-3-4-8-17(16)23-2/h3-4,7-8,14-15,20H,5-6,9-13H2,1-2H3,(H,21,22). The zero-order chi connectivity index (χ0) is 16.3. The Balaban J connectivity index is 1.75. The van der Waals surface area contributed by atoms with E-state index in [4.69, 9.17) is 4.74 Å². The van der Waals surface area contributed by atoms with E-state index < -0.39 is 0 Å². The first-order valence-corrected chi connectivity index (χ1v) is 8.79. The highest BCUT2D eigenvalue weighted by atomic mass is 16.5. The van der Waals surface area contributed by atoms with E-state index in [2.05, 4.69) is 35.8 Å². The molecule has 23 heavy (non-hydrogen) atoms. The largest absolute Gasteiger partial charge is 0.496 e. The molecule has 2 unspecified atom stereocenters. The summed E-state index contributed by atoms with van der Waals surface area (Å²) in [6.07, 6.45) is 6.51. The van der Waals surface area contributed by atoms with Gasteiger partial charge in [0.25, 0.3) is 0 Å². The quantitative estimate of drug-likeness (QED) is 0.878. The number of methoxy groups -OCH3 is 1. The highest BCUT2D eigenvalue weighted by Crippen LogP contribution is 2.44. The predicted molar refractivity (Wildman–Crippen MR) is 91.8 cm³/mol. The minimum Gasteiger partial charge on any atom is -0.496 e. The minimum absolute atomic E-state index is 0.143. The van der Waals surface area contributed by atoms with E-state index in [1.165, 1.54) is 31.2 Å². The lowest BCUT2D eigenvalue weighted by atomic mass is 9.78. The SMILES string of the molecule is COc1ccccc1C1(CNC2CC(=O)NC(C)C2)CCCC1. The summed E-state index contributed by atoms with van der Waals surface area (Å²) in [7, 11) is 1.75. The number of hydrogen-bond acceptors (Lipinski definition) is 3. The van der Waals surface area contributed by atoms with Crippen molar-refractivity contribution >= 4 is 5.91 Å². The van der Waals surface area contributed by atoms with E-state index in [1.54, 1.807) is 7.11 Å². The highest BCUT2D eigenvalue weighted by molar-refractivity contribution is 5.77. The van der Waals surface area contributed by atoms with Crippen LogP contribution in [0.1, 0.15) is 51.0 Å². The maximum absolute atomic E-state index is 11.8. The topological polar surface area (TPSA) is 50.4 Å². The zero-order valence-electron chi connectivity index (χ0n) is 14.2. The number of benzene rings is 1. The van der Waals surface area contributed by atoms with Gasteiger partial charge in [0.05, 0.1) is 7.11 Å². The van der Waals surface area contributed by atoms with Gasteiger partial charge >= 0.3 is 0 Å². The van der Waals surface area contributed by atoms with Crippen LogP contribution in [0.2, 0.25) is 0 Å². The molecule has 2 atom stereocenters. The molecular weight excluding hydrogens is 288 g/mol. The van der Waals surface area contributed by atoms with E-state index in [0.717, 1.165) is 18.7 Å². The monoisotopic (exact) mass is 316 g/mol. The van der Waals surface area contributed by atoms with E-state index in [0.29, 0.717) is 6.42 Å². The smallest absolute Gasteiger partial charge is 0.221 e. The van der Waals surface area contributed by atoms with Crippen molar-refractivity contribution in [3.05, 3.63) is 29.8 Å². The van der Waals surface area contributed by atoms with Crippen molar-refractivity contribution in [2.24, 2.45) is 0 Å². The molecule has 3 rings (SSSR count). The average molecular weight is 316 g/mol. The molecule has 4 heteroatoms. The van der Waals surface area contributed by atoms with Gasteiger partial charge in [0.1, 0.15) is 5.75 Å². The number of carbonyl (C=O) groups is 1. The van der Waals surface area contributed by atoms with Crippen LogP contribution in [-0.4, -0.2) is 31.6 Å². The Morgan fingerprint density at radius 2 is 2.04 bits per heavy atom. The van der Waals surface area contributed by atoms with Crippen molar-refractivity contribution in [2.75, 3.05) is 13.7 Å². The fourth-order valence-electron chi connectivity index (χ4n) is 4.30. The molecule has 1 aliphatic heterocycles. The molecule has 1 heterocycles. The molecule has 2 N–H and O–H groups in total. The van der Waals surface area contributed by atoms with Crippen LogP contribution in [0.3, 0.4) is 0 Å². The van der Waals surface area contributed by atoms with Gasteiger partial charge in [-0.05, 0) is 32.3 Å². The van der Waals surface area contributed by atoms with Crippen molar-refractivity contribution in [1.29, 1.82) is 0 Å². The molecule has 1 amide bonds. The molecule has 2 fully saturated rings. The fraction of sp³-hybridized carbons (Fsp3) is 0.632. The molecule has 4 nitrogen and oxygen atoms in total.